The summed E-state index contributed by atoms with van der Waals surface area (Å²) in [5.41, 5.74) is 0.524. The molecule has 1 unspecified atom stereocenters. The maximum Gasteiger partial charge on any atom is 0.239 e. The normalized spacial score (nSPS) is 19.3. The first-order valence-electron chi connectivity index (χ1n) is 6.04. The number of ketones is 1. The van der Waals surface area contributed by atoms with Crippen LogP contribution in [0.15, 0.2) is 22.7 Å². The Morgan fingerprint density at radius 1 is 1.40 bits per heavy atom. The van der Waals surface area contributed by atoms with Crippen LogP contribution in [0.4, 0.5) is 4.39 Å². The van der Waals surface area contributed by atoms with E-state index in [2.05, 4.69) is 10.1 Å². The minimum atomic E-state index is -0.527. The smallest absolute Gasteiger partial charge is 0.239 e. The summed E-state index contributed by atoms with van der Waals surface area (Å²) in [4.78, 5) is 15.9. The van der Waals surface area contributed by atoms with Crippen molar-refractivity contribution in [3.8, 4) is 11.4 Å². The molecule has 5 nitrogen and oxygen atoms in total. The van der Waals surface area contributed by atoms with Crippen molar-refractivity contribution < 1.29 is 18.4 Å². The zero-order chi connectivity index (χ0) is 14.1. The lowest BCUT2D eigenvalue weighted by Gasteiger charge is -2.16. The molecule has 0 N–H and O–H groups in total. The summed E-state index contributed by atoms with van der Waals surface area (Å²) in [6.07, 6.45) is 0.338. The van der Waals surface area contributed by atoms with Crippen molar-refractivity contribution in [1.29, 1.82) is 0 Å². The summed E-state index contributed by atoms with van der Waals surface area (Å²) in [5, 5.41) is 3.77. The standard InChI is InChI=1S/C13H10ClFN2O3/c14-9-5-7(1-2-10(9)15)12-16-13(20-17-12)8-6-19-4-3-11(8)18/h1-2,5,8H,3-4,6H2. The van der Waals surface area contributed by atoms with Crippen molar-refractivity contribution in [3.05, 3.63) is 34.9 Å². The van der Waals surface area contributed by atoms with Gasteiger partial charge in [0.2, 0.25) is 11.7 Å². The molecule has 2 aromatic rings. The monoisotopic (exact) mass is 296 g/mol. The molecule has 20 heavy (non-hydrogen) atoms. The fourth-order valence-electron chi connectivity index (χ4n) is 1.98. The topological polar surface area (TPSA) is 65.2 Å². The Morgan fingerprint density at radius 2 is 2.25 bits per heavy atom. The predicted octanol–water partition coefficient (Wildman–Crippen LogP) is 2.60. The lowest BCUT2D eigenvalue weighted by atomic mass is 10.0. The molecule has 1 atom stereocenters. The van der Waals surface area contributed by atoms with Gasteiger partial charge in [-0.2, -0.15) is 4.98 Å². The van der Waals surface area contributed by atoms with Gasteiger partial charge in [-0.1, -0.05) is 16.8 Å². The van der Waals surface area contributed by atoms with Gasteiger partial charge in [0.1, 0.15) is 17.5 Å². The van der Waals surface area contributed by atoms with Gasteiger partial charge in [0.05, 0.1) is 18.2 Å². The number of nitrogens with zero attached hydrogens (tertiary/aromatic N) is 2. The van der Waals surface area contributed by atoms with Crippen LogP contribution in [0.5, 0.6) is 0 Å². The summed E-state index contributed by atoms with van der Waals surface area (Å²) in [5.74, 6) is -0.551. The molecule has 0 spiro atoms. The van der Waals surface area contributed by atoms with Crippen LogP contribution in [0.2, 0.25) is 5.02 Å². The van der Waals surface area contributed by atoms with Crippen LogP contribution in [0.1, 0.15) is 18.2 Å². The molecule has 2 heterocycles. The highest BCUT2D eigenvalue weighted by Gasteiger charge is 2.30. The SMILES string of the molecule is O=C1CCOCC1c1nc(-c2ccc(F)c(Cl)c2)no1. The van der Waals surface area contributed by atoms with Crippen LogP contribution in [0.25, 0.3) is 11.4 Å². The van der Waals surface area contributed by atoms with E-state index in [4.69, 9.17) is 20.9 Å². The zero-order valence-electron chi connectivity index (χ0n) is 10.3. The van der Waals surface area contributed by atoms with E-state index in [1.54, 1.807) is 0 Å². The molecular formula is C13H10ClFN2O3. The van der Waals surface area contributed by atoms with Crippen molar-refractivity contribution in [3.63, 3.8) is 0 Å². The van der Waals surface area contributed by atoms with E-state index in [9.17, 15) is 9.18 Å². The van der Waals surface area contributed by atoms with E-state index in [0.29, 0.717) is 18.6 Å². The fraction of sp³-hybridized carbons (Fsp3) is 0.308. The lowest BCUT2D eigenvalue weighted by Crippen LogP contribution is -2.25. The summed E-state index contributed by atoms with van der Waals surface area (Å²) >= 11 is 5.71. The van der Waals surface area contributed by atoms with Crippen molar-refractivity contribution in [1.82, 2.24) is 10.1 Å². The molecule has 1 aliphatic heterocycles. The first kappa shape index (κ1) is 13.2. The zero-order valence-corrected chi connectivity index (χ0v) is 11.1. The van der Waals surface area contributed by atoms with E-state index in [-0.39, 0.29) is 29.1 Å². The van der Waals surface area contributed by atoms with Gasteiger partial charge < -0.3 is 9.26 Å². The average molecular weight is 297 g/mol. The molecule has 1 saturated heterocycles. The molecule has 1 aliphatic rings. The number of carbonyl (C=O) groups excluding carboxylic acids is 1. The molecule has 3 rings (SSSR count). The van der Waals surface area contributed by atoms with Gasteiger partial charge in [0.25, 0.3) is 0 Å². The molecule has 0 aliphatic carbocycles. The number of benzene rings is 1. The number of Topliss-reactive ketones (excluding diaryl/α,β-unsaturated/α-hetero) is 1. The molecule has 0 amide bonds. The highest BCUT2D eigenvalue weighted by Crippen LogP contribution is 2.26. The molecule has 0 saturated carbocycles. The van der Waals surface area contributed by atoms with Crippen molar-refractivity contribution in [2.24, 2.45) is 0 Å². The number of carbonyl (C=O) groups is 1. The van der Waals surface area contributed by atoms with Crippen LogP contribution < -0.4 is 0 Å². The highest BCUT2D eigenvalue weighted by atomic mass is 35.5. The van der Waals surface area contributed by atoms with Crippen LogP contribution >= 0.6 is 11.6 Å². The van der Waals surface area contributed by atoms with E-state index in [0.717, 1.165) is 0 Å². The Bertz CT molecular complexity index is 659. The maximum atomic E-state index is 13.1. The molecule has 104 valence electrons. The average Bonchev–Trinajstić information content (AvgIpc) is 2.92. The molecule has 1 fully saturated rings. The first-order valence-corrected chi connectivity index (χ1v) is 6.42. The van der Waals surface area contributed by atoms with E-state index in [1.165, 1.54) is 18.2 Å². The number of rotatable bonds is 2. The third-order valence-corrected chi connectivity index (χ3v) is 3.37. The Hall–Kier alpha value is -1.79. The van der Waals surface area contributed by atoms with E-state index < -0.39 is 11.7 Å². The summed E-state index contributed by atoms with van der Waals surface area (Å²) < 4.78 is 23.4. The number of hydrogen-bond acceptors (Lipinski definition) is 5. The quantitative estimate of drug-likeness (QED) is 0.852. The van der Waals surface area contributed by atoms with Crippen LogP contribution in [0, 0.1) is 5.82 Å². The van der Waals surface area contributed by atoms with Gasteiger partial charge in [-0.3, -0.25) is 4.79 Å². The molecule has 1 aromatic heterocycles. The van der Waals surface area contributed by atoms with Crippen molar-refractivity contribution >= 4 is 17.4 Å². The summed E-state index contributed by atoms with van der Waals surface area (Å²) in [6, 6.07) is 4.13. The molecule has 1 aromatic carbocycles. The second kappa shape index (κ2) is 5.30. The summed E-state index contributed by atoms with van der Waals surface area (Å²) in [6.45, 7) is 0.661. The van der Waals surface area contributed by atoms with Crippen LogP contribution in [-0.4, -0.2) is 29.1 Å². The lowest BCUT2D eigenvalue weighted by molar-refractivity contribution is -0.127. The van der Waals surface area contributed by atoms with E-state index >= 15 is 0 Å². The number of halogens is 2. The van der Waals surface area contributed by atoms with Gasteiger partial charge in [-0.05, 0) is 18.2 Å². The number of ether oxygens (including phenoxy) is 1. The molecule has 7 heteroatoms. The third kappa shape index (κ3) is 2.44. The number of hydrogen-bond donors (Lipinski definition) is 0. The van der Waals surface area contributed by atoms with Gasteiger partial charge >= 0.3 is 0 Å². The second-order valence-corrected chi connectivity index (χ2v) is 4.84. The molecular weight excluding hydrogens is 287 g/mol. The fourth-order valence-corrected chi connectivity index (χ4v) is 2.16. The molecule has 0 bridgehead atoms. The Kier molecular flexibility index (Phi) is 3.50. The second-order valence-electron chi connectivity index (χ2n) is 4.43. The van der Waals surface area contributed by atoms with Crippen LogP contribution in [-0.2, 0) is 9.53 Å². The van der Waals surface area contributed by atoms with Gasteiger partial charge in [-0.15, -0.1) is 0 Å². The van der Waals surface area contributed by atoms with Gasteiger partial charge in [0.15, 0.2) is 0 Å². The minimum Gasteiger partial charge on any atom is -0.380 e. The Balaban J connectivity index is 1.89. The van der Waals surface area contributed by atoms with Gasteiger partial charge in [0, 0.05) is 12.0 Å². The maximum absolute atomic E-state index is 13.1. The highest BCUT2D eigenvalue weighted by molar-refractivity contribution is 6.31. The largest absolute Gasteiger partial charge is 0.380 e. The third-order valence-electron chi connectivity index (χ3n) is 3.08. The Labute approximate surface area is 118 Å². The van der Waals surface area contributed by atoms with Crippen LogP contribution in [0.3, 0.4) is 0 Å². The van der Waals surface area contributed by atoms with Crippen molar-refractivity contribution in [2.45, 2.75) is 12.3 Å². The van der Waals surface area contributed by atoms with Gasteiger partial charge in [-0.25, -0.2) is 4.39 Å². The summed E-state index contributed by atoms with van der Waals surface area (Å²) in [7, 11) is 0. The first-order chi connectivity index (χ1) is 9.65. The predicted molar refractivity (Wildman–Crippen MR) is 67.9 cm³/mol. The number of aromatic nitrogens is 2. The molecule has 0 radical (unpaired) electrons. The van der Waals surface area contributed by atoms with Crippen molar-refractivity contribution in [2.75, 3.05) is 13.2 Å². The minimum absolute atomic E-state index is 0.0172. The Morgan fingerprint density at radius 3 is 3.00 bits per heavy atom. The van der Waals surface area contributed by atoms with E-state index in [1.807, 2.05) is 0 Å².